The highest BCUT2D eigenvalue weighted by atomic mass is 19.3. The molecule has 1 nitrogen and oxygen atoms in total. The van der Waals surface area contributed by atoms with Crippen LogP contribution in [-0.4, -0.2) is 18.9 Å². The van der Waals surface area contributed by atoms with Crippen molar-refractivity contribution in [3.05, 3.63) is 35.4 Å². The van der Waals surface area contributed by atoms with Crippen LogP contribution in [0.5, 0.6) is 0 Å². The summed E-state index contributed by atoms with van der Waals surface area (Å²) in [5.41, 5.74) is 1.94. The fourth-order valence-corrected chi connectivity index (χ4v) is 1.34. The minimum absolute atomic E-state index is 0.159. The number of rotatable bonds is 6. The van der Waals surface area contributed by atoms with Crippen molar-refractivity contribution in [3.8, 4) is 0 Å². The van der Waals surface area contributed by atoms with E-state index in [9.17, 15) is 17.6 Å². The molecule has 0 aliphatic carbocycles. The lowest BCUT2D eigenvalue weighted by Crippen LogP contribution is -2.38. The lowest BCUT2D eigenvalue weighted by atomic mass is 10.1. The van der Waals surface area contributed by atoms with E-state index in [-0.39, 0.29) is 6.54 Å². The number of hydrogen-bond acceptors (Lipinski definition) is 1. The molecule has 96 valence electrons. The van der Waals surface area contributed by atoms with Crippen LogP contribution in [0, 0.1) is 0 Å². The van der Waals surface area contributed by atoms with Crippen molar-refractivity contribution in [2.75, 3.05) is 6.54 Å². The summed E-state index contributed by atoms with van der Waals surface area (Å²) in [5.74, 6) is -3.97. The second kappa shape index (κ2) is 6.00. The third-order valence-corrected chi connectivity index (χ3v) is 2.44. The second-order valence-electron chi connectivity index (χ2n) is 3.84. The molecule has 0 unspecified atom stereocenters. The van der Waals surface area contributed by atoms with Crippen molar-refractivity contribution in [1.82, 2.24) is 5.32 Å². The first-order chi connectivity index (χ1) is 7.95. The van der Waals surface area contributed by atoms with Gasteiger partial charge in [-0.05, 0) is 17.5 Å². The first kappa shape index (κ1) is 14.0. The first-order valence-electron chi connectivity index (χ1n) is 5.40. The van der Waals surface area contributed by atoms with E-state index in [0.29, 0.717) is 0 Å². The van der Waals surface area contributed by atoms with Gasteiger partial charge in [0.2, 0.25) is 0 Å². The third kappa shape index (κ3) is 4.34. The van der Waals surface area contributed by atoms with Gasteiger partial charge in [-0.25, -0.2) is 8.78 Å². The Kier molecular flexibility index (Phi) is 4.93. The number of halogens is 4. The molecule has 0 spiro atoms. The molecule has 0 saturated heterocycles. The van der Waals surface area contributed by atoms with E-state index in [1.54, 1.807) is 12.1 Å². The zero-order valence-corrected chi connectivity index (χ0v) is 9.52. The van der Waals surface area contributed by atoms with Gasteiger partial charge in [0, 0.05) is 6.54 Å². The van der Waals surface area contributed by atoms with Gasteiger partial charge in [-0.2, -0.15) is 8.78 Å². The minimum Gasteiger partial charge on any atom is -0.307 e. The van der Waals surface area contributed by atoms with Crippen LogP contribution in [0.25, 0.3) is 0 Å². The molecule has 1 rings (SSSR count). The first-order valence-corrected chi connectivity index (χ1v) is 5.40. The van der Waals surface area contributed by atoms with Gasteiger partial charge in [0.05, 0.1) is 6.54 Å². The Hall–Kier alpha value is -1.10. The van der Waals surface area contributed by atoms with Gasteiger partial charge in [0.15, 0.2) is 0 Å². The molecule has 1 aromatic carbocycles. The molecule has 0 aliphatic rings. The van der Waals surface area contributed by atoms with E-state index >= 15 is 0 Å². The Morgan fingerprint density at radius 3 is 2.12 bits per heavy atom. The molecular weight excluding hydrogens is 234 g/mol. The molecule has 0 aliphatic heterocycles. The topological polar surface area (TPSA) is 12.0 Å². The average molecular weight is 249 g/mol. The number of benzene rings is 1. The van der Waals surface area contributed by atoms with Crippen molar-refractivity contribution in [1.29, 1.82) is 0 Å². The van der Waals surface area contributed by atoms with Crippen LogP contribution in [0.15, 0.2) is 24.3 Å². The summed E-state index contributed by atoms with van der Waals surface area (Å²) in [6.45, 7) is 1.16. The SMILES string of the molecule is CCc1ccc(CNCC(F)(F)C(F)F)cc1. The molecule has 0 heterocycles. The Morgan fingerprint density at radius 1 is 1.12 bits per heavy atom. The monoisotopic (exact) mass is 249 g/mol. The molecule has 0 amide bonds. The lowest BCUT2D eigenvalue weighted by Gasteiger charge is -2.15. The molecular formula is C12H15F4N. The normalized spacial score (nSPS) is 12.1. The summed E-state index contributed by atoms with van der Waals surface area (Å²) < 4.78 is 48.8. The molecule has 1 aromatic rings. The van der Waals surface area contributed by atoms with Gasteiger partial charge >= 0.3 is 12.3 Å². The van der Waals surface area contributed by atoms with Gasteiger partial charge in [-0.15, -0.1) is 0 Å². The lowest BCUT2D eigenvalue weighted by molar-refractivity contribution is -0.125. The predicted molar refractivity (Wildman–Crippen MR) is 58.5 cm³/mol. The molecule has 0 aromatic heterocycles. The smallest absolute Gasteiger partial charge is 0.307 e. The van der Waals surface area contributed by atoms with Crippen molar-refractivity contribution in [3.63, 3.8) is 0 Å². The maximum Gasteiger partial charge on any atom is 0.319 e. The molecule has 0 atom stereocenters. The summed E-state index contributed by atoms with van der Waals surface area (Å²) in [4.78, 5) is 0. The van der Waals surface area contributed by atoms with Crippen LogP contribution in [0.4, 0.5) is 17.6 Å². The summed E-state index contributed by atoms with van der Waals surface area (Å²) >= 11 is 0. The van der Waals surface area contributed by atoms with E-state index in [4.69, 9.17) is 0 Å². The Bertz CT molecular complexity index is 335. The van der Waals surface area contributed by atoms with Gasteiger partial charge in [-0.1, -0.05) is 31.2 Å². The molecule has 0 radical (unpaired) electrons. The van der Waals surface area contributed by atoms with Crippen LogP contribution in [0.1, 0.15) is 18.1 Å². The predicted octanol–water partition coefficient (Wildman–Crippen LogP) is 3.24. The van der Waals surface area contributed by atoms with Crippen molar-refractivity contribution in [2.45, 2.75) is 32.2 Å². The van der Waals surface area contributed by atoms with E-state index in [2.05, 4.69) is 5.32 Å². The number of alkyl halides is 4. The van der Waals surface area contributed by atoms with E-state index in [1.807, 2.05) is 19.1 Å². The highest BCUT2D eigenvalue weighted by Crippen LogP contribution is 2.21. The molecule has 0 bridgehead atoms. The van der Waals surface area contributed by atoms with Crippen molar-refractivity contribution >= 4 is 0 Å². The van der Waals surface area contributed by atoms with Crippen molar-refractivity contribution < 1.29 is 17.6 Å². The Balaban J connectivity index is 2.40. The van der Waals surface area contributed by atoms with Gasteiger partial charge < -0.3 is 5.32 Å². The van der Waals surface area contributed by atoms with E-state index < -0.39 is 18.9 Å². The van der Waals surface area contributed by atoms with E-state index in [1.165, 1.54) is 0 Å². The standard InChI is InChI=1S/C12H15F4N/c1-2-9-3-5-10(6-4-9)7-17-8-12(15,16)11(13)14/h3-6,11,17H,2,7-8H2,1H3. The largest absolute Gasteiger partial charge is 0.319 e. The van der Waals surface area contributed by atoms with Crippen LogP contribution in [0.3, 0.4) is 0 Å². The van der Waals surface area contributed by atoms with Crippen LogP contribution in [-0.2, 0) is 13.0 Å². The van der Waals surface area contributed by atoms with Crippen LogP contribution < -0.4 is 5.32 Å². The zero-order valence-electron chi connectivity index (χ0n) is 9.52. The molecule has 5 heteroatoms. The summed E-state index contributed by atoms with van der Waals surface area (Å²) in [6.07, 6.45) is -2.73. The van der Waals surface area contributed by atoms with E-state index in [0.717, 1.165) is 17.5 Å². The number of aryl methyl sites for hydroxylation is 1. The van der Waals surface area contributed by atoms with Gasteiger partial charge in [0.1, 0.15) is 0 Å². The summed E-state index contributed by atoms with van der Waals surface area (Å²) in [7, 11) is 0. The van der Waals surface area contributed by atoms with Crippen LogP contribution >= 0.6 is 0 Å². The maximum atomic E-state index is 12.6. The quantitative estimate of drug-likeness (QED) is 0.763. The Labute approximate surface area is 97.8 Å². The summed E-state index contributed by atoms with van der Waals surface area (Å²) in [6, 6.07) is 7.38. The molecule has 17 heavy (non-hydrogen) atoms. The molecule has 0 fully saturated rings. The fraction of sp³-hybridized carbons (Fsp3) is 0.500. The number of nitrogens with one attached hydrogen (secondary N) is 1. The molecule has 1 N–H and O–H groups in total. The maximum absolute atomic E-state index is 12.6. The third-order valence-electron chi connectivity index (χ3n) is 2.44. The highest BCUT2D eigenvalue weighted by molar-refractivity contribution is 5.22. The second-order valence-corrected chi connectivity index (χ2v) is 3.84. The highest BCUT2D eigenvalue weighted by Gasteiger charge is 2.39. The molecule has 0 saturated carbocycles. The van der Waals surface area contributed by atoms with Crippen molar-refractivity contribution in [2.24, 2.45) is 0 Å². The summed E-state index contributed by atoms with van der Waals surface area (Å²) in [5, 5.41) is 2.33. The average Bonchev–Trinajstić information content (AvgIpc) is 2.29. The zero-order chi connectivity index (χ0) is 12.9. The number of hydrogen-bond donors (Lipinski definition) is 1. The fourth-order valence-electron chi connectivity index (χ4n) is 1.34. The van der Waals surface area contributed by atoms with Gasteiger partial charge in [0.25, 0.3) is 0 Å². The Morgan fingerprint density at radius 2 is 1.65 bits per heavy atom. The van der Waals surface area contributed by atoms with Gasteiger partial charge in [-0.3, -0.25) is 0 Å². The minimum atomic E-state index is -3.97. The van der Waals surface area contributed by atoms with Crippen LogP contribution in [0.2, 0.25) is 0 Å².